The van der Waals surface area contributed by atoms with E-state index in [9.17, 15) is 0 Å². The zero-order chi connectivity index (χ0) is 14.6. The number of para-hydroxylation sites is 1. The van der Waals surface area contributed by atoms with Gasteiger partial charge in [0.05, 0.1) is 0 Å². The molecule has 106 valence electrons. The van der Waals surface area contributed by atoms with Gasteiger partial charge in [0.2, 0.25) is 0 Å². The number of hydroxylamine groups is 1. The van der Waals surface area contributed by atoms with Crippen LogP contribution in [0.2, 0.25) is 0 Å². The van der Waals surface area contributed by atoms with Crippen LogP contribution in [0.1, 0.15) is 5.56 Å². The van der Waals surface area contributed by atoms with Gasteiger partial charge < -0.3 is 4.89 Å². The molecule has 0 unspecified atom stereocenters. The summed E-state index contributed by atoms with van der Waals surface area (Å²) in [6, 6.07) is 7.63. The Kier molecular flexibility index (Phi) is 6.39. The minimum atomic E-state index is 0.639. The van der Waals surface area contributed by atoms with E-state index < -0.39 is 0 Å². The molecule has 21 heavy (non-hydrogen) atoms. The number of allylic oxidation sites excluding steroid dienone is 10. The normalized spacial score (nSPS) is 15.0. The average molecular weight is 279 g/mol. The van der Waals surface area contributed by atoms with E-state index in [0.29, 0.717) is 5.75 Å². The third-order valence-electron chi connectivity index (χ3n) is 2.54. The molecule has 3 nitrogen and oxygen atoms in total. The van der Waals surface area contributed by atoms with Crippen LogP contribution < -0.4 is 10.4 Å². The maximum atomic E-state index is 5.22. The molecule has 2 rings (SSSR count). The molecule has 3 heteroatoms. The first-order valence-corrected chi connectivity index (χ1v) is 6.65. The topological polar surface area (TPSA) is 30.5 Å². The van der Waals surface area contributed by atoms with E-state index in [1.54, 1.807) is 12.3 Å². The lowest BCUT2D eigenvalue weighted by molar-refractivity contribution is -0.245. The average Bonchev–Trinajstić information content (AvgIpc) is 2.52. The van der Waals surface area contributed by atoms with Crippen LogP contribution in [0.15, 0.2) is 91.2 Å². The van der Waals surface area contributed by atoms with Gasteiger partial charge in [-0.05, 0) is 12.1 Å². The van der Waals surface area contributed by atoms with E-state index in [0.717, 1.165) is 5.56 Å². The largest absolute Gasteiger partial charge is 0.314 e. The molecule has 0 saturated carbocycles. The lowest BCUT2D eigenvalue weighted by Gasteiger charge is -2.05. The number of fused-ring (bicyclic) bond motifs is 1. The maximum absolute atomic E-state index is 5.22. The Hall–Kier alpha value is -2.78. The highest BCUT2D eigenvalue weighted by atomic mass is 17.3. The molecule has 0 saturated heterocycles. The van der Waals surface area contributed by atoms with E-state index in [1.807, 2.05) is 85.0 Å². The van der Waals surface area contributed by atoms with Gasteiger partial charge in [-0.15, -0.1) is 0 Å². The molecule has 1 aliphatic heterocycles. The van der Waals surface area contributed by atoms with Crippen LogP contribution in [0.5, 0.6) is 5.75 Å². The molecule has 0 fully saturated rings. The van der Waals surface area contributed by atoms with Crippen LogP contribution in [0.4, 0.5) is 0 Å². The van der Waals surface area contributed by atoms with Crippen molar-refractivity contribution >= 4 is 6.08 Å². The van der Waals surface area contributed by atoms with E-state index in [-0.39, 0.29) is 0 Å². The molecular formula is C18H17NO2. The zero-order valence-corrected chi connectivity index (χ0v) is 11.6. The summed E-state index contributed by atoms with van der Waals surface area (Å²) in [5, 5.41) is 0. The summed E-state index contributed by atoms with van der Waals surface area (Å²) in [5.41, 5.74) is 3.52. The van der Waals surface area contributed by atoms with Crippen molar-refractivity contribution in [2.75, 3.05) is 0 Å². The zero-order valence-electron chi connectivity index (χ0n) is 11.6. The molecule has 0 spiro atoms. The smallest absolute Gasteiger partial charge is 0.175 e. The standard InChI is InChI=1S/C18H17NO2/c1-2-4-6-8-12-16-19-21-20-18-15-11-10-14-17(18)13-9-7-5-3-1/h1-16,19H. The molecule has 0 amide bonds. The Morgan fingerprint density at radius 1 is 0.667 bits per heavy atom. The number of nitrogens with one attached hydrogen (secondary N) is 1. The number of hydrogen-bond acceptors (Lipinski definition) is 3. The number of hydrogen-bond donors (Lipinski definition) is 1. The first kappa shape index (κ1) is 14.6. The van der Waals surface area contributed by atoms with Crippen molar-refractivity contribution in [2.45, 2.75) is 0 Å². The van der Waals surface area contributed by atoms with Gasteiger partial charge in [-0.25, -0.2) is 5.48 Å². The summed E-state index contributed by atoms with van der Waals surface area (Å²) < 4.78 is 0. The van der Waals surface area contributed by atoms with Gasteiger partial charge in [0.25, 0.3) is 0 Å². The monoisotopic (exact) mass is 279 g/mol. The first-order valence-electron chi connectivity index (χ1n) is 6.65. The lowest BCUT2D eigenvalue weighted by atomic mass is 10.2. The fraction of sp³-hybridized carbons (Fsp3) is 0. The third kappa shape index (κ3) is 5.80. The van der Waals surface area contributed by atoms with Crippen LogP contribution in [0.3, 0.4) is 0 Å². The molecule has 1 aliphatic rings. The predicted octanol–water partition coefficient (Wildman–Crippen LogP) is 4.27. The van der Waals surface area contributed by atoms with Gasteiger partial charge in [0.1, 0.15) is 0 Å². The molecule has 1 aromatic carbocycles. The molecule has 0 radical (unpaired) electrons. The Labute approximate surface area is 124 Å². The summed E-state index contributed by atoms with van der Waals surface area (Å²) in [6.45, 7) is 0. The summed E-state index contributed by atoms with van der Waals surface area (Å²) in [5.74, 6) is 0.639. The Balaban J connectivity index is 2.14. The molecule has 0 aromatic heterocycles. The van der Waals surface area contributed by atoms with Crippen molar-refractivity contribution in [3.63, 3.8) is 0 Å². The molecule has 0 atom stereocenters. The van der Waals surface area contributed by atoms with Gasteiger partial charge in [-0.1, -0.05) is 83.9 Å². The maximum Gasteiger partial charge on any atom is 0.175 e. The van der Waals surface area contributed by atoms with Crippen molar-refractivity contribution in [3.8, 4) is 5.75 Å². The Morgan fingerprint density at radius 2 is 1.29 bits per heavy atom. The fourth-order valence-electron chi connectivity index (χ4n) is 1.56. The second kappa shape index (κ2) is 9.18. The van der Waals surface area contributed by atoms with Crippen molar-refractivity contribution in [1.82, 2.24) is 5.48 Å². The summed E-state index contributed by atoms with van der Waals surface area (Å²) in [6.07, 6.45) is 22.9. The summed E-state index contributed by atoms with van der Waals surface area (Å²) in [7, 11) is 0. The third-order valence-corrected chi connectivity index (χ3v) is 2.54. The van der Waals surface area contributed by atoms with Gasteiger partial charge in [-0.3, -0.25) is 0 Å². The van der Waals surface area contributed by atoms with E-state index in [1.165, 1.54) is 0 Å². The molecular weight excluding hydrogens is 262 g/mol. The highest BCUT2D eigenvalue weighted by Gasteiger charge is 1.99. The summed E-state index contributed by atoms with van der Waals surface area (Å²) >= 11 is 0. The van der Waals surface area contributed by atoms with Crippen LogP contribution >= 0.6 is 0 Å². The van der Waals surface area contributed by atoms with Gasteiger partial charge in [0.15, 0.2) is 5.75 Å². The quantitative estimate of drug-likeness (QED) is 0.719. The van der Waals surface area contributed by atoms with Crippen LogP contribution in [-0.4, -0.2) is 0 Å². The highest BCUT2D eigenvalue weighted by Crippen LogP contribution is 2.19. The van der Waals surface area contributed by atoms with Crippen LogP contribution in [0, 0.1) is 0 Å². The predicted molar refractivity (Wildman–Crippen MR) is 86.0 cm³/mol. The van der Waals surface area contributed by atoms with E-state index in [2.05, 4.69) is 5.48 Å². The number of benzene rings is 1. The SMILES string of the molecule is C1=CC=CC=CNOOc2ccccc2C=CC=CC=C1. The number of rotatable bonds is 0. The Morgan fingerprint density at radius 3 is 2.05 bits per heavy atom. The van der Waals surface area contributed by atoms with Crippen LogP contribution in [-0.2, 0) is 4.99 Å². The van der Waals surface area contributed by atoms with Gasteiger partial charge in [-0.2, -0.15) is 0 Å². The van der Waals surface area contributed by atoms with Crippen LogP contribution in [0.25, 0.3) is 6.08 Å². The van der Waals surface area contributed by atoms with Crippen molar-refractivity contribution in [1.29, 1.82) is 0 Å². The van der Waals surface area contributed by atoms with Gasteiger partial charge >= 0.3 is 0 Å². The molecule has 0 bridgehead atoms. The minimum absolute atomic E-state index is 0.639. The molecule has 1 N–H and O–H groups in total. The lowest BCUT2D eigenvalue weighted by Crippen LogP contribution is -2.10. The highest BCUT2D eigenvalue weighted by molar-refractivity contribution is 5.58. The van der Waals surface area contributed by atoms with Crippen molar-refractivity contribution in [2.24, 2.45) is 0 Å². The second-order valence-electron chi connectivity index (χ2n) is 4.08. The minimum Gasteiger partial charge on any atom is -0.314 e. The molecule has 1 aromatic rings. The van der Waals surface area contributed by atoms with E-state index in [4.69, 9.17) is 9.88 Å². The van der Waals surface area contributed by atoms with Crippen molar-refractivity contribution in [3.05, 3.63) is 96.8 Å². The fourth-order valence-corrected chi connectivity index (χ4v) is 1.56. The Bertz CT molecular complexity index is 607. The van der Waals surface area contributed by atoms with Gasteiger partial charge in [0, 0.05) is 11.8 Å². The first-order chi connectivity index (χ1) is 10.5. The molecule has 0 aliphatic carbocycles. The van der Waals surface area contributed by atoms with Crippen molar-refractivity contribution < 1.29 is 9.88 Å². The van der Waals surface area contributed by atoms with E-state index >= 15 is 0 Å². The molecule has 1 heterocycles. The summed E-state index contributed by atoms with van der Waals surface area (Å²) in [4.78, 5) is 10.2. The second-order valence-corrected chi connectivity index (χ2v) is 4.08.